The van der Waals surface area contributed by atoms with Gasteiger partial charge in [0.1, 0.15) is 17.8 Å². The molecular weight excluding hydrogens is 626 g/mol. The summed E-state index contributed by atoms with van der Waals surface area (Å²) in [5.74, 6) is 0.178. The van der Waals surface area contributed by atoms with Crippen molar-refractivity contribution in [3.8, 4) is 11.5 Å². The second-order valence-electron chi connectivity index (χ2n) is 13.5. The van der Waals surface area contributed by atoms with Crippen molar-refractivity contribution in [2.75, 3.05) is 25.7 Å². The molecule has 0 saturated heterocycles. The minimum atomic E-state index is -4.11. The zero-order valence-electron chi connectivity index (χ0n) is 26.5. The predicted octanol–water partition coefficient (Wildman–Crippen LogP) is 5.75. The van der Waals surface area contributed by atoms with Crippen LogP contribution in [0.4, 0.5) is 14.7 Å². The van der Waals surface area contributed by atoms with Crippen molar-refractivity contribution in [1.29, 1.82) is 0 Å². The summed E-state index contributed by atoms with van der Waals surface area (Å²) in [5, 5.41) is 10.3. The molecule has 1 unspecified atom stereocenters. The van der Waals surface area contributed by atoms with Gasteiger partial charge in [-0.1, -0.05) is 0 Å². The fourth-order valence-electron chi connectivity index (χ4n) is 7.23. The third-order valence-electron chi connectivity index (χ3n) is 10.1. The fourth-order valence-corrected chi connectivity index (χ4v) is 8.70. The predicted molar refractivity (Wildman–Crippen MR) is 172 cm³/mol. The van der Waals surface area contributed by atoms with E-state index >= 15 is 0 Å². The van der Waals surface area contributed by atoms with Gasteiger partial charge in [0.2, 0.25) is 16.0 Å². The van der Waals surface area contributed by atoms with E-state index in [1.54, 1.807) is 26.6 Å². The average molecular weight is 665 g/mol. The minimum Gasteiger partial charge on any atom is -0.497 e. The Balaban J connectivity index is 1.19. The highest BCUT2D eigenvalue weighted by molar-refractivity contribution is 7.89. The summed E-state index contributed by atoms with van der Waals surface area (Å²) in [6.45, 7) is 1.34. The van der Waals surface area contributed by atoms with Crippen molar-refractivity contribution in [1.82, 2.24) is 24.5 Å². The van der Waals surface area contributed by atoms with Crippen LogP contribution in [0.1, 0.15) is 79.3 Å². The SMILES string of the molecule is COc1ccc(CN(CC2CC2)c2nncn2C2CCc3c2cc(S(=O)(=O)NC2CC(F)(F)C2)c2cc(C4CC4)ncc32)c(OC)c1. The molecule has 0 bridgehead atoms. The molecule has 4 aliphatic carbocycles. The molecule has 0 spiro atoms. The molecule has 13 heteroatoms. The van der Waals surface area contributed by atoms with Gasteiger partial charge in [-0.3, -0.25) is 9.55 Å². The van der Waals surface area contributed by atoms with E-state index < -0.39 is 34.8 Å². The Hall–Kier alpha value is -3.84. The Labute approximate surface area is 272 Å². The molecule has 4 aliphatic rings. The fraction of sp³-hybridized carbons (Fsp3) is 0.500. The molecule has 1 atom stereocenters. The number of pyridine rings is 1. The summed E-state index contributed by atoms with van der Waals surface area (Å²) >= 11 is 0. The summed E-state index contributed by atoms with van der Waals surface area (Å²) in [7, 11) is -0.839. The number of ether oxygens (including phenoxy) is 2. The minimum absolute atomic E-state index is 0.116. The van der Waals surface area contributed by atoms with E-state index in [2.05, 4.69) is 24.4 Å². The second-order valence-corrected chi connectivity index (χ2v) is 15.2. The number of alkyl halides is 2. The molecule has 0 amide bonds. The van der Waals surface area contributed by atoms with Gasteiger partial charge >= 0.3 is 0 Å². The van der Waals surface area contributed by atoms with Crippen LogP contribution in [0.2, 0.25) is 0 Å². The number of methoxy groups -OCH3 is 2. The first-order chi connectivity index (χ1) is 22.6. The maximum absolute atomic E-state index is 13.9. The Bertz CT molecular complexity index is 1950. The first-order valence-corrected chi connectivity index (χ1v) is 17.8. The lowest BCUT2D eigenvalue weighted by Crippen LogP contribution is -2.50. The largest absolute Gasteiger partial charge is 0.497 e. The summed E-state index contributed by atoms with van der Waals surface area (Å²) in [6, 6.07) is 8.43. The number of aryl methyl sites for hydroxylation is 1. The van der Waals surface area contributed by atoms with Crippen molar-refractivity contribution in [3.05, 3.63) is 65.2 Å². The number of rotatable bonds is 12. The normalized spacial score (nSPS) is 20.6. The lowest BCUT2D eigenvalue weighted by Gasteiger charge is -2.35. The Morgan fingerprint density at radius 3 is 2.55 bits per heavy atom. The summed E-state index contributed by atoms with van der Waals surface area (Å²) < 4.78 is 71.0. The molecule has 3 fully saturated rings. The standard InChI is InChI=1S/C34H38F2N6O4S/c1-45-24-8-7-22(31(11-24)46-2)18-41(17-20-3-4-20)33-39-38-19-42(33)30-10-9-25-26(30)13-32(47(43,44)40-23-14-34(35,36)15-23)27-12-29(21-5-6-21)37-16-28(25)27/h7-8,11-13,16,19-21,23,30,40H,3-6,9-10,14-15,17-18H2,1-2H3. The van der Waals surface area contributed by atoms with Crippen LogP contribution in [0.15, 0.2) is 47.8 Å². The highest BCUT2D eigenvalue weighted by Gasteiger charge is 2.47. The van der Waals surface area contributed by atoms with E-state index in [1.165, 1.54) is 0 Å². The molecule has 1 N–H and O–H groups in total. The van der Waals surface area contributed by atoms with Gasteiger partial charge < -0.3 is 14.4 Å². The van der Waals surface area contributed by atoms with Crippen molar-refractivity contribution in [2.45, 2.75) is 86.7 Å². The van der Waals surface area contributed by atoms with Gasteiger partial charge in [0.25, 0.3) is 5.92 Å². The van der Waals surface area contributed by atoms with Gasteiger partial charge in [-0.2, -0.15) is 0 Å². The van der Waals surface area contributed by atoms with E-state index in [0.29, 0.717) is 35.5 Å². The molecule has 4 aromatic rings. The number of hydrogen-bond donors (Lipinski definition) is 1. The van der Waals surface area contributed by atoms with Crippen LogP contribution in [0, 0.1) is 5.92 Å². The maximum Gasteiger partial charge on any atom is 0.251 e. The smallest absolute Gasteiger partial charge is 0.251 e. The lowest BCUT2D eigenvalue weighted by molar-refractivity contribution is -0.0876. The molecule has 2 aromatic heterocycles. The maximum atomic E-state index is 13.9. The van der Waals surface area contributed by atoms with Crippen LogP contribution in [-0.2, 0) is 23.0 Å². The Morgan fingerprint density at radius 2 is 1.85 bits per heavy atom. The third-order valence-corrected chi connectivity index (χ3v) is 11.6. The molecule has 10 nitrogen and oxygen atoms in total. The van der Waals surface area contributed by atoms with Crippen LogP contribution in [-0.4, -0.2) is 60.9 Å². The number of sulfonamides is 1. The number of halogens is 2. The quantitative estimate of drug-likeness (QED) is 0.204. The van der Waals surface area contributed by atoms with Crippen LogP contribution in [0.3, 0.4) is 0 Å². The summed E-state index contributed by atoms with van der Waals surface area (Å²) in [5.41, 5.74) is 3.79. The van der Waals surface area contributed by atoms with Gasteiger partial charge in [0.05, 0.1) is 25.2 Å². The average Bonchev–Trinajstić information content (AvgIpc) is 3.96. The first-order valence-electron chi connectivity index (χ1n) is 16.3. The van der Waals surface area contributed by atoms with Crippen LogP contribution in [0.25, 0.3) is 10.8 Å². The highest BCUT2D eigenvalue weighted by atomic mass is 32.2. The van der Waals surface area contributed by atoms with Crippen molar-refractivity contribution in [3.63, 3.8) is 0 Å². The number of hydrogen-bond acceptors (Lipinski definition) is 8. The monoisotopic (exact) mass is 664 g/mol. The highest BCUT2D eigenvalue weighted by Crippen LogP contribution is 2.46. The zero-order valence-corrected chi connectivity index (χ0v) is 27.3. The van der Waals surface area contributed by atoms with Gasteiger partial charge in [-0.25, -0.2) is 21.9 Å². The van der Waals surface area contributed by atoms with Gasteiger partial charge in [0.15, 0.2) is 0 Å². The lowest BCUT2D eigenvalue weighted by atomic mass is 9.89. The van der Waals surface area contributed by atoms with E-state index in [0.717, 1.165) is 78.6 Å². The number of nitrogens with one attached hydrogen (secondary N) is 1. The second kappa shape index (κ2) is 11.4. The van der Waals surface area contributed by atoms with E-state index in [-0.39, 0.29) is 10.9 Å². The van der Waals surface area contributed by atoms with Crippen LogP contribution >= 0.6 is 0 Å². The number of anilines is 1. The third kappa shape index (κ3) is 5.81. The molecule has 2 heterocycles. The number of aromatic nitrogens is 4. The van der Waals surface area contributed by atoms with Crippen molar-refractivity contribution < 1.29 is 26.7 Å². The van der Waals surface area contributed by atoms with Crippen molar-refractivity contribution in [2.24, 2.45) is 5.92 Å². The summed E-state index contributed by atoms with van der Waals surface area (Å²) in [4.78, 5) is 7.10. The molecule has 2 aromatic carbocycles. The van der Waals surface area contributed by atoms with Crippen LogP contribution in [0.5, 0.6) is 11.5 Å². The topological polar surface area (TPSA) is 111 Å². The Morgan fingerprint density at radius 1 is 1.04 bits per heavy atom. The molecule has 3 saturated carbocycles. The zero-order chi connectivity index (χ0) is 32.5. The molecular formula is C34H38F2N6O4S. The van der Waals surface area contributed by atoms with Gasteiger partial charge in [-0.05, 0) is 79.8 Å². The van der Waals surface area contributed by atoms with Gasteiger partial charge in [0, 0.05) is 72.2 Å². The Kier molecular flexibility index (Phi) is 7.39. The first kappa shape index (κ1) is 30.5. The number of fused-ring (bicyclic) bond motifs is 3. The molecule has 47 heavy (non-hydrogen) atoms. The summed E-state index contributed by atoms with van der Waals surface area (Å²) in [6.07, 6.45) is 8.37. The van der Waals surface area contributed by atoms with E-state index in [9.17, 15) is 17.2 Å². The van der Waals surface area contributed by atoms with E-state index in [4.69, 9.17) is 14.5 Å². The van der Waals surface area contributed by atoms with Gasteiger partial charge in [-0.15, -0.1) is 10.2 Å². The molecule has 8 rings (SSSR count). The molecule has 248 valence electrons. The number of benzene rings is 2. The molecule has 0 radical (unpaired) electrons. The number of nitrogens with zero attached hydrogens (tertiary/aromatic N) is 5. The van der Waals surface area contributed by atoms with Crippen LogP contribution < -0.4 is 19.1 Å². The van der Waals surface area contributed by atoms with Crippen molar-refractivity contribution >= 4 is 26.7 Å². The molecule has 0 aliphatic heterocycles. The van der Waals surface area contributed by atoms with E-state index in [1.807, 2.05) is 30.5 Å².